The van der Waals surface area contributed by atoms with Gasteiger partial charge >= 0.3 is 0 Å². The molecule has 1 aliphatic carbocycles. The van der Waals surface area contributed by atoms with Crippen molar-refractivity contribution < 1.29 is 0 Å². The van der Waals surface area contributed by atoms with E-state index < -0.39 is 0 Å². The topological polar surface area (TPSA) is 0 Å². The first kappa shape index (κ1) is 9.65. The van der Waals surface area contributed by atoms with Crippen LogP contribution in [0.4, 0.5) is 0 Å². The fourth-order valence-electron chi connectivity index (χ4n) is 2.70. The van der Waals surface area contributed by atoms with E-state index in [1.165, 1.54) is 34.7 Å². The van der Waals surface area contributed by atoms with Crippen molar-refractivity contribution in [1.29, 1.82) is 0 Å². The monoisotopic (exact) mass is 208 g/mol. The molecular formula is C16H16. The molecule has 0 aliphatic heterocycles. The van der Waals surface area contributed by atoms with Gasteiger partial charge in [-0.2, -0.15) is 0 Å². The van der Waals surface area contributed by atoms with Crippen LogP contribution in [0.1, 0.15) is 36.8 Å². The van der Waals surface area contributed by atoms with Crippen LogP contribution in [-0.2, 0) is 0 Å². The molecule has 0 aromatic heterocycles. The summed E-state index contributed by atoms with van der Waals surface area (Å²) in [5.41, 5.74) is 2.96. The van der Waals surface area contributed by atoms with Gasteiger partial charge in [-0.05, 0) is 28.3 Å². The van der Waals surface area contributed by atoms with E-state index >= 15 is 0 Å². The van der Waals surface area contributed by atoms with E-state index in [9.17, 15) is 0 Å². The van der Waals surface area contributed by atoms with E-state index in [0.717, 1.165) is 0 Å². The molecule has 0 spiro atoms. The van der Waals surface area contributed by atoms with Crippen LogP contribution < -0.4 is 0 Å². The Kier molecular flexibility index (Phi) is 2.28. The molecule has 2 aromatic rings. The third-order valence-electron chi connectivity index (χ3n) is 3.50. The third-order valence-corrected chi connectivity index (χ3v) is 3.50. The van der Waals surface area contributed by atoms with Crippen LogP contribution in [0.3, 0.4) is 0 Å². The van der Waals surface area contributed by atoms with Gasteiger partial charge in [0.2, 0.25) is 0 Å². The van der Waals surface area contributed by atoms with Crippen LogP contribution in [0.15, 0.2) is 42.5 Å². The number of rotatable bonds is 2. The normalized spacial score (nSPS) is 17.9. The Morgan fingerprint density at radius 3 is 2.81 bits per heavy atom. The van der Waals surface area contributed by atoms with E-state index in [4.69, 9.17) is 0 Å². The van der Waals surface area contributed by atoms with Gasteiger partial charge < -0.3 is 0 Å². The lowest BCUT2D eigenvalue weighted by Gasteiger charge is -2.11. The van der Waals surface area contributed by atoms with Crippen LogP contribution in [0.25, 0.3) is 16.8 Å². The molecule has 0 amide bonds. The number of benzene rings is 2. The highest BCUT2D eigenvalue weighted by molar-refractivity contribution is 5.93. The Bertz CT molecular complexity index is 549. The largest absolute Gasteiger partial charge is 0.0764 e. The summed E-state index contributed by atoms with van der Waals surface area (Å²) in [5.74, 6) is 0.643. The highest BCUT2D eigenvalue weighted by Crippen LogP contribution is 2.37. The Morgan fingerprint density at radius 2 is 1.94 bits per heavy atom. The zero-order valence-corrected chi connectivity index (χ0v) is 9.61. The standard InChI is InChI=1S/C16H16/c1-2-5-12-9-11-16-14-7-4-3-6-13(14)8-10-15(12)16/h3-4,6-12H,2,5H2,1H3. The van der Waals surface area contributed by atoms with Gasteiger partial charge in [0.25, 0.3) is 0 Å². The molecule has 0 radical (unpaired) electrons. The van der Waals surface area contributed by atoms with Gasteiger partial charge in [0.05, 0.1) is 0 Å². The maximum absolute atomic E-state index is 2.36. The minimum Gasteiger partial charge on any atom is -0.0764 e. The zero-order valence-electron chi connectivity index (χ0n) is 9.61. The van der Waals surface area contributed by atoms with Gasteiger partial charge in [0.15, 0.2) is 0 Å². The summed E-state index contributed by atoms with van der Waals surface area (Å²) in [7, 11) is 0. The van der Waals surface area contributed by atoms with Crippen molar-refractivity contribution in [3.63, 3.8) is 0 Å². The summed E-state index contributed by atoms with van der Waals surface area (Å²) in [5, 5.41) is 2.75. The predicted molar refractivity (Wildman–Crippen MR) is 70.6 cm³/mol. The van der Waals surface area contributed by atoms with Crippen LogP contribution in [-0.4, -0.2) is 0 Å². The third kappa shape index (κ3) is 1.37. The molecule has 1 unspecified atom stereocenters. The summed E-state index contributed by atoms with van der Waals surface area (Å²) in [4.78, 5) is 0. The predicted octanol–water partition coefficient (Wildman–Crippen LogP) is 4.75. The van der Waals surface area contributed by atoms with Crippen molar-refractivity contribution in [2.75, 3.05) is 0 Å². The molecular weight excluding hydrogens is 192 g/mol. The minimum absolute atomic E-state index is 0.643. The molecule has 1 atom stereocenters. The number of allylic oxidation sites excluding steroid dienone is 1. The van der Waals surface area contributed by atoms with Gasteiger partial charge in [-0.25, -0.2) is 0 Å². The molecule has 0 bridgehead atoms. The molecule has 0 N–H and O–H groups in total. The van der Waals surface area contributed by atoms with Crippen molar-refractivity contribution in [3.8, 4) is 0 Å². The Morgan fingerprint density at radius 1 is 1.06 bits per heavy atom. The summed E-state index contributed by atoms with van der Waals surface area (Å²) in [6, 6.07) is 13.2. The summed E-state index contributed by atoms with van der Waals surface area (Å²) >= 11 is 0. The second kappa shape index (κ2) is 3.79. The first-order valence-corrected chi connectivity index (χ1v) is 6.10. The zero-order chi connectivity index (χ0) is 11.0. The fraction of sp³-hybridized carbons (Fsp3) is 0.250. The van der Waals surface area contributed by atoms with Crippen LogP contribution in [0, 0.1) is 0 Å². The molecule has 3 rings (SSSR count). The lowest BCUT2D eigenvalue weighted by molar-refractivity contribution is 0.726. The Labute approximate surface area is 96.6 Å². The van der Waals surface area contributed by atoms with Crippen molar-refractivity contribution in [2.45, 2.75) is 25.7 Å². The smallest absolute Gasteiger partial charge is 0.00273 e. The van der Waals surface area contributed by atoms with E-state index in [-0.39, 0.29) is 0 Å². The summed E-state index contributed by atoms with van der Waals surface area (Å²) in [6.07, 6.45) is 7.18. The molecule has 0 fully saturated rings. The lowest BCUT2D eigenvalue weighted by Crippen LogP contribution is -1.92. The SMILES string of the molecule is CCCC1C=Cc2c1ccc1ccccc21. The first-order valence-electron chi connectivity index (χ1n) is 6.10. The second-order valence-electron chi connectivity index (χ2n) is 4.54. The molecule has 2 aromatic carbocycles. The average molecular weight is 208 g/mol. The fourth-order valence-corrected chi connectivity index (χ4v) is 2.70. The maximum Gasteiger partial charge on any atom is 0.00273 e. The molecule has 0 nitrogen and oxygen atoms in total. The van der Waals surface area contributed by atoms with Gasteiger partial charge in [-0.1, -0.05) is 61.9 Å². The number of hydrogen-bond donors (Lipinski definition) is 0. The highest BCUT2D eigenvalue weighted by atomic mass is 14.2. The van der Waals surface area contributed by atoms with E-state index in [0.29, 0.717) is 5.92 Å². The second-order valence-corrected chi connectivity index (χ2v) is 4.54. The minimum atomic E-state index is 0.643. The summed E-state index contributed by atoms with van der Waals surface area (Å²) in [6.45, 7) is 2.26. The van der Waals surface area contributed by atoms with E-state index in [2.05, 4.69) is 55.5 Å². The van der Waals surface area contributed by atoms with Crippen molar-refractivity contribution in [1.82, 2.24) is 0 Å². The molecule has 1 aliphatic rings. The molecule has 16 heavy (non-hydrogen) atoms. The van der Waals surface area contributed by atoms with Gasteiger partial charge in [0, 0.05) is 5.92 Å². The van der Waals surface area contributed by atoms with E-state index in [1.54, 1.807) is 0 Å². The van der Waals surface area contributed by atoms with Gasteiger partial charge in [0.1, 0.15) is 0 Å². The first-order chi connectivity index (χ1) is 7.90. The number of fused-ring (bicyclic) bond motifs is 3. The molecule has 80 valence electrons. The molecule has 0 saturated carbocycles. The maximum atomic E-state index is 2.36. The average Bonchev–Trinajstić information content (AvgIpc) is 2.73. The van der Waals surface area contributed by atoms with Crippen molar-refractivity contribution in [3.05, 3.63) is 53.6 Å². The highest BCUT2D eigenvalue weighted by Gasteiger charge is 2.17. The summed E-state index contributed by atoms with van der Waals surface area (Å²) < 4.78 is 0. The van der Waals surface area contributed by atoms with Crippen molar-refractivity contribution >= 4 is 16.8 Å². The van der Waals surface area contributed by atoms with Crippen LogP contribution >= 0.6 is 0 Å². The molecule has 0 heterocycles. The Hall–Kier alpha value is -1.56. The lowest BCUT2D eigenvalue weighted by atomic mass is 9.93. The van der Waals surface area contributed by atoms with Gasteiger partial charge in [-0.15, -0.1) is 0 Å². The van der Waals surface area contributed by atoms with E-state index in [1.807, 2.05) is 0 Å². The molecule has 0 saturated heterocycles. The van der Waals surface area contributed by atoms with Crippen LogP contribution in [0.5, 0.6) is 0 Å². The molecule has 0 heteroatoms. The van der Waals surface area contributed by atoms with Crippen LogP contribution in [0.2, 0.25) is 0 Å². The Balaban J connectivity index is 2.19. The van der Waals surface area contributed by atoms with Crippen molar-refractivity contribution in [2.24, 2.45) is 0 Å². The number of hydrogen-bond acceptors (Lipinski definition) is 0. The quantitative estimate of drug-likeness (QED) is 0.668. The van der Waals surface area contributed by atoms with Gasteiger partial charge in [-0.3, -0.25) is 0 Å².